The van der Waals surface area contributed by atoms with E-state index in [1.165, 1.54) is 11.3 Å². The molecular formula is C11H9Cl2NOS. The van der Waals surface area contributed by atoms with Crippen LogP contribution in [-0.2, 0) is 0 Å². The van der Waals surface area contributed by atoms with Crippen LogP contribution in [0.4, 0.5) is 5.00 Å². The number of nitrogen functional groups attached to an aromatic ring is 1. The van der Waals surface area contributed by atoms with Crippen LogP contribution < -0.4 is 10.5 Å². The zero-order valence-electron chi connectivity index (χ0n) is 8.46. The van der Waals surface area contributed by atoms with E-state index in [0.717, 1.165) is 15.4 Å². The predicted molar refractivity (Wildman–Crippen MR) is 70.7 cm³/mol. The second-order valence-electron chi connectivity index (χ2n) is 3.17. The molecule has 16 heavy (non-hydrogen) atoms. The lowest BCUT2D eigenvalue weighted by Crippen LogP contribution is -1.88. The van der Waals surface area contributed by atoms with Gasteiger partial charge in [-0.1, -0.05) is 23.2 Å². The van der Waals surface area contributed by atoms with E-state index < -0.39 is 0 Å². The standard InChI is InChI=1S/C11H9Cl2NOS/c1-15-11-7(4-6(12)5-8(11)13)9-2-3-10(14)16-9/h2-5H,14H2,1H3. The quantitative estimate of drug-likeness (QED) is 0.885. The topological polar surface area (TPSA) is 35.2 Å². The van der Waals surface area contributed by atoms with Crippen LogP contribution in [0.5, 0.6) is 5.75 Å². The first kappa shape index (κ1) is 11.6. The van der Waals surface area contributed by atoms with Crippen LogP contribution in [-0.4, -0.2) is 7.11 Å². The summed E-state index contributed by atoms with van der Waals surface area (Å²) >= 11 is 13.5. The second-order valence-corrected chi connectivity index (χ2v) is 5.13. The maximum absolute atomic E-state index is 6.06. The molecule has 0 saturated carbocycles. The van der Waals surface area contributed by atoms with Crippen molar-refractivity contribution in [2.24, 2.45) is 0 Å². The van der Waals surface area contributed by atoms with Crippen molar-refractivity contribution >= 4 is 39.5 Å². The summed E-state index contributed by atoms with van der Waals surface area (Å²) in [5, 5.41) is 1.82. The van der Waals surface area contributed by atoms with Crippen LogP contribution in [0.3, 0.4) is 0 Å². The molecule has 0 bridgehead atoms. The molecule has 84 valence electrons. The highest BCUT2D eigenvalue weighted by molar-refractivity contribution is 7.19. The van der Waals surface area contributed by atoms with Gasteiger partial charge in [0, 0.05) is 15.5 Å². The third-order valence-corrected chi connectivity index (χ3v) is 3.55. The first-order valence-corrected chi connectivity index (χ1v) is 6.08. The largest absolute Gasteiger partial charge is 0.495 e. The summed E-state index contributed by atoms with van der Waals surface area (Å²) in [5.41, 5.74) is 6.56. The van der Waals surface area contributed by atoms with E-state index in [9.17, 15) is 0 Å². The van der Waals surface area contributed by atoms with Gasteiger partial charge in [0.15, 0.2) is 0 Å². The third kappa shape index (κ3) is 2.12. The Bertz CT molecular complexity index is 525. The lowest BCUT2D eigenvalue weighted by Gasteiger charge is -2.09. The zero-order valence-corrected chi connectivity index (χ0v) is 10.8. The summed E-state index contributed by atoms with van der Waals surface area (Å²) < 4.78 is 5.27. The van der Waals surface area contributed by atoms with Gasteiger partial charge >= 0.3 is 0 Å². The summed E-state index contributed by atoms with van der Waals surface area (Å²) in [6, 6.07) is 7.23. The molecule has 1 aromatic heterocycles. The van der Waals surface area contributed by atoms with E-state index in [2.05, 4.69) is 0 Å². The summed E-state index contributed by atoms with van der Waals surface area (Å²) in [6.07, 6.45) is 0. The van der Waals surface area contributed by atoms with E-state index in [4.69, 9.17) is 33.7 Å². The van der Waals surface area contributed by atoms with Crippen LogP contribution in [0.2, 0.25) is 10.0 Å². The molecule has 5 heteroatoms. The Morgan fingerprint density at radius 3 is 2.56 bits per heavy atom. The van der Waals surface area contributed by atoms with Crippen molar-refractivity contribution in [2.75, 3.05) is 12.8 Å². The number of hydrogen-bond acceptors (Lipinski definition) is 3. The van der Waals surface area contributed by atoms with Crippen molar-refractivity contribution < 1.29 is 4.74 Å². The van der Waals surface area contributed by atoms with Gasteiger partial charge in [-0.15, -0.1) is 11.3 Å². The molecule has 0 atom stereocenters. The molecule has 2 aromatic rings. The van der Waals surface area contributed by atoms with Crippen LogP contribution in [0.25, 0.3) is 10.4 Å². The molecule has 2 N–H and O–H groups in total. The van der Waals surface area contributed by atoms with Crippen molar-refractivity contribution in [3.8, 4) is 16.2 Å². The Morgan fingerprint density at radius 2 is 2.00 bits per heavy atom. The summed E-state index contributed by atoms with van der Waals surface area (Å²) in [7, 11) is 1.58. The van der Waals surface area contributed by atoms with Gasteiger partial charge in [0.05, 0.1) is 17.1 Å². The average Bonchev–Trinajstić information content (AvgIpc) is 2.63. The first-order chi connectivity index (χ1) is 7.61. The molecule has 1 heterocycles. The van der Waals surface area contributed by atoms with Crippen molar-refractivity contribution in [1.29, 1.82) is 0 Å². The molecule has 1 aromatic carbocycles. The SMILES string of the molecule is COc1c(Cl)cc(Cl)cc1-c1ccc(N)s1. The van der Waals surface area contributed by atoms with Crippen LogP contribution in [0.1, 0.15) is 0 Å². The maximum Gasteiger partial charge on any atom is 0.146 e. The Kier molecular flexibility index (Phi) is 3.28. The van der Waals surface area contributed by atoms with Gasteiger partial charge < -0.3 is 10.5 Å². The van der Waals surface area contributed by atoms with E-state index >= 15 is 0 Å². The normalized spacial score (nSPS) is 10.4. The zero-order chi connectivity index (χ0) is 11.7. The second kappa shape index (κ2) is 4.53. The first-order valence-electron chi connectivity index (χ1n) is 4.50. The Balaban J connectivity index is 2.63. The monoisotopic (exact) mass is 273 g/mol. The predicted octanol–water partition coefficient (Wildman–Crippen LogP) is 4.31. The van der Waals surface area contributed by atoms with Crippen molar-refractivity contribution in [3.63, 3.8) is 0 Å². The molecule has 0 radical (unpaired) electrons. The van der Waals surface area contributed by atoms with Gasteiger partial charge in [-0.25, -0.2) is 0 Å². The maximum atomic E-state index is 6.06. The number of nitrogens with two attached hydrogens (primary N) is 1. The number of hydrogen-bond donors (Lipinski definition) is 1. The minimum Gasteiger partial charge on any atom is -0.495 e. The molecule has 0 spiro atoms. The van der Waals surface area contributed by atoms with Crippen molar-refractivity contribution in [2.45, 2.75) is 0 Å². The molecule has 0 aliphatic heterocycles. The minimum absolute atomic E-state index is 0.497. The fourth-order valence-electron chi connectivity index (χ4n) is 1.45. The number of benzene rings is 1. The van der Waals surface area contributed by atoms with Gasteiger partial charge in [-0.05, 0) is 24.3 Å². The fraction of sp³-hybridized carbons (Fsp3) is 0.0909. The van der Waals surface area contributed by atoms with Crippen molar-refractivity contribution in [1.82, 2.24) is 0 Å². The lowest BCUT2D eigenvalue weighted by molar-refractivity contribution is 0.417. The number of ether oxygens (including phenoxy) is 1. The van der Waals surface area contributed by atoms with Gasteiger partial charge in [-0.2, -0.15) is 0 Å². The molecule has 0 saturated heterocycles. The van der Waals surface area contributed by atoms with E-state index in [-0.39, 0.29) is 0 Å². The van der Waals surface area contributed by atoms with Crippen LogP contribution in [0.15, 0.2) is 24.3 Å². The van der Waals surface area contributed by atoms with E-state index in [1.807, 2.05) is 18.2 Å². The smallest absolute Gasteiger partial charge is 0.146 e. The Hall–Kier alpha value is -0.900. The van der Waals surface area contributed by atoms with E-state index in [0.29, 0.717) is 15.8 Å². The molecule has 0 aliphatic rings. The highest BCUT2D eigenvalue weighted by Gasteiger charge is 2.13. The van der Waals surface area contributed by atoms with Crippen LogP contribution >= 0.6 is 34.5 Å². The fourth-order valence-corrected chi connectivity index (χ4v) is 2.81. The molecule has 0 fully saturated rings. The minimum atomic E-state index is 0.497. The van der Waals surface area contributed by atoms with Gasteiger partial charge in [0.25, 0.3) is 0 Å². The number of methoxy groups -OCH3 is 1. The number of rotatable bonds is 2. The molecule has 2 rings (SSSR count). The number of thiophene rings is 1. The lowest BCUT2D eigenvalue weighted by atomic mass is 10.1. The van der Waals surface area contributed by atoms with Crippen molar-refractivity contribution in [3.05, 3.63) is 34.3 Å². The van der Waals surface area contributed by atoms with Gasteiger partial charge in [0.1, 0.15) is 5.75 Å². The summed E-state index contributed by atoms with van der Waals surface area (Å²) in [4.78, 5) is 0.985. The van der Waals surface area contributed by atoms with Crippen LogP contribution in [0, 0.1) is 0 Å². The van der Waals surface area contributed by atoms with Gasteiger partial charge in [0.2, 0.25) is 0 Å². The molecule has 0 aliphatic carbocycles. The molecule has 0 unspecified atom stereocenters. The molecule has 2 nitrogen and oxygen atoms in total. The average molecular weight is 274 g/mol. The third-order valence-electron chi connectivity index (χ3n) is 2.10. The number of halogens is 2. The molecular weight excluding hydrogens is 265 g/mol. The Labute approximate surface area is 108 Å². The highest BCUT2D eigenvalue weighted by atomic mass is 35.5. The highest BCUT2D eigenvalue weighted by Crippen LogP contribution is 2.41. The summed E-state index contributed by atoms with van der Waals surface area (Å²) in [6.45, 7) is 0. The molecule has 0 amide bonds. The van der Waals surface area contributed by atoms with E-state index in [1.54, 1.807) is 13.2 Å². The Morgan fingerprint density at radius 1 is 1.25 bits per heavy atom. The van der Waals surface area contributed by atoms with Gasteiger partial charge in [-0.3, -0.25) is 0 Å². The summed E-state index contributed by atoms with van der Waals surface area (Å²) in [5.74, 6) is 0.618. The number of anilines is 1.